The van der Waals surface area contributed by atoms with Gasteiger partial charge in [-0.15, -0.1) is 0 Å². The minimum atomic E-state index is -0.176. The molecule has 0 aliphatic carbocycles. The highest BCUT2D eigenvalue weighted by Crippen LogP contribution is 2.28. The number of hydrogen-bond donors (Lipinski definition) is 2. The quantitative estimate of drug-likeness (QED) is 0.833. The van der Waals surface area contributed by atoms with Crippen LogP contribution >= 0.6 is 0 Å². The van der Waals surface area contributed by atoms with E-state index in [4.69, 9.17) is 5.26 Å². The van der Waals surface area contributed by atoms with Gasteiger partial charge in [-0.3, -0.25) is 9.78 Å². The summed E-state index contributed by atoms with van der Waals surface area (Å²) in [6.07, 6.45) is 6.10. The van der Waals surface area contributed by atoms with Crippen LogP contribution < -0.4 is 5.32 Å². The van der Waals surface area contributed by atoms with Gasteiger partial charge in [-0.1, -0.05) is 0 Å². The van der Waals surface area contributed by atoms with Crippen LogP contribution in [0.3, 0.4) is 0 Å². The lowest BCUT2D eigenvalue weighted by Gasteiger charge is -2.41. The SMILES string of the molecule is Cc1[nH]ncc1-c1cnn(C2(CC#N)CNC2)c1. The average molecular weight is 242 g/mol. The maximum absolute atomic E-state index is 8.93. The first kappa shape index (κ1) is 11.0. The molecule has 0 aromatic carbocycles. The molecule has 2 aromatic rings. The predicted octanol–water partition coefficient (Wildman–Crippen LogP) is 0.794. The lowest BCUT2D eigenvalue weighted by atomic mass is 9.89. The summed E-state index contributed by atoms with van der Waals surface area (Å²) in [6, 6.07) is 2.25. The van der Waals surface area contributed by atoms with E-state index in [2.05, 4.69) is 26.7 Å². The zero-order chi connectivity index (χ0) is 12.6. The van der Waals surface area contributed by atoms with Gasteiger partial charge in [-0.25, -0.2) is 0 Å². The zero-order valence-corrected chi connectivity index (χ0v) is 10.1. The molecule has 18 heavy (non-hydrogen) atoms. The summed E-state index contributed by atoms with van der Waals surface area (Å²) in [5.41, 5.74) is 2.94. The van der Waals surface area contributed by atoms with Crippen molar-refractivity contribution in [3.8, 4) is 17.2 Å². The lowest BCUT2D eigenvalue weighted by Crippen LogP contribution is -2.60. The number of nitrogens with zero attached hydrogens (tertiary/aromatic N) is 4. The van der Waals surface area contributed by atoms with Crippen molar-refractivity contribution in [2.75, 3.05) is 13.1 Å². The van der Waals surface area contributed by atoms with Gasteiger partial charge in [0.15, 0.2) is 0 Å². The molecule has 0 amide bonds. The van der Waals surface area contributed by atoms with Crippen LogP contribution in [0, 0.1) is 18.3 Å². The second kappa shape index (κ2) is 3.96. The topological polar surface area (TPSA) is 82.3 Å². The fourth-order valence-corrected chi connectivity index (χ4v) is 2.29. The fraction of sp³-hybridized carbons (Fsp3) is 0.417. The van der Waals surface area contributed by atoms with Crippen molar-refractivity contribution in [3.63, 3.8) is 0 Å². The molecule has 6 heteroatoms. The Bertz CT molecular complexity index is 598. The van der Waals surface area contributed by atoms with Crippen LogP contribution in [0.1, 0.15) is 12.1 Å². The molecule has 2 N–H and O–H groups in total. The minimum Gasteiger partial charge on any atom is -0.312 e. The van der Waals surface area contributed by atoms with Crippen LogP contribution in [0.2, 0.25) is 0 Å². The summed E-state index contributed by atoms with van der Waals surface area (Å²) in [5.74, 6) is 0. The molecule has 3 rings (SSSR count). The normalized spacial score (nSPS) is 17.1. The fourth-order valence-electron chi connectivity index (χ4n) is 2.29. The van der Waals surface area contributed by atoms with Crippen LogP contribution in [-0.4, -0.2) is 33.1 Å². The summed E-state index contributed by atoms with van der Waals surface area (Å²) >= 11 is 0. The number of aromatic nitrogens is 4. The molecular formula is C12H14N6. The second-order valence-electron chi connectivity index (χ2n) is 4.75. The summed E-state index contributed by atoms with van der Waals surface area (Å²) in [4.78, 5) is 0. The molecule has 0 radical (unpaired) electrons. The number of aromatic amines is 1. The molecule has 0 bridgehead atoms. The van der Waals surface area contributed by atoms with Gasteiger partial charge >= 0.3 is 0 Å². The Morgan fingerprint density at radius 2 is 2.33 bits per heavy atom. The van der Waals surface area contributed by atoms with Crippen LogP contribution in [0.25, 0.3) is 11.1 Å². The standard InChI is InChI=1S/C12H14N6/c1-9-11(5-15-17-9)10-4-16-18(6-10)12(2-3-13)7-14-8-12/h4-6,14H,2,7-8H2,1H3,(H,15,17). The van der Waals surface area contributed by atoms with Gasteiger partial charge in [0, 0.05) is 36.1 Å². The molecule has 0 atom stereocenters. The molecule has 6 nitrogen and oxygen atoms in total. The molecule has 1 aliphatic rings. The Labute approximate surface area is 105 Å². The lowest BCUT2D eigenvalue weighted by molar-refractivity contribution is 0.160. The van der Waals surface area contributed by atoms with Crippen molar-refractivity contribution < 1.29 is 0 Å². The highest BCUT2D eigenvalue weighted by atomic mass is 15.4. The number of H-pyrrole nitrogens is 1. The van der Waals surface area contributed by atoms with E-state index in [1.54, 1.807) is 6.20 Å². The van der Waals surface area contributed by atoms with Gasteiger partial charge in [0.25, 0.3) is 0 Å². The number of aryl methyl sites for hydroxylation is 1. The van der Waals surface area contributed by atoms with Gasteiger partial charge < -0.3 is 5.32 Å². The molecule has 0 saturated carbocycles. The van der Waals surface area contributed by atoms with Crippen molar-refractivity contribution in [1.29, 1.82) is 5.26 Å². The van der Waals surface area contributed by atoms with Crippen molar-refractivity contribution in [3.05, 3.63) is 24.3 Å². The van der Waals surface area contributed by atoms with Crippen LogP contribution in [-0.2, 0) is 5.54 Å². The first-order valence-electron chi connectivity index (χ1n) is 5.88. The highest BCUT2D eigenvalue weighted by molar-refractivity contribution is 5.63. The van der Waals surface area contributed by atoms with Crippen molar-refractivity contribution in [2.24, 2.45) is 0 Å². The van der Waals surface area contributed by atoms with E-state index >= 15 is 0 Å². The van der Waals surface area contributed by atoms with Gasteiger partial charge in [0.05, 0.1) is 24.9 Å². The van der Waals surface area contributed by atoms with E-state index in [0.717, 1.165) is 29.9 Å². The second-order valence-corrected chi connectivity index (χ2v) is 4.75. The van der Waals surface area contributed by atoms with Crippen LogP contribution in [0.5, 0.6) is 0 Å². The molecule has 1 fully saturated rings. The summed E-state index contributed by atoms with van der Waals surface area (Å²) in [6.45, 7) is 3.58. The molecule has 0 spiro atoms. The van der Waals surface area contributed by atoms with Gasteiger partial charge in [0.1, 0.15) is 5.54 Å². The summed E-state index contributed by atoms with van der Waals surface area (Å²) in [7, 11) is 0. The van der Waals surface area contributed by atoms with E-state index in [-0.39, 0.29) is 5.54 Å². The van der Waals surface area contributed by atoms with Gasteiger partial charge in [0.2, 0.25) is 0 Å². The monoisotopic (exact) mass is 242 g/mol. The molecule has 1 saturated heterocycles. The van der Waals surface area contributed by atoms with Gasteiger partial charge in [-0.05, 0) is 6.92 Å². The molecule has 0 unspecified atom stereocenters. The largest absolute Gasteiger partial charge is 0.312 e. The maximum atomic E-state index is 8.93. The molecule has 2 aromatic heterocycles. The molecule has 92 valence electrons. The van der Waals surface area contributed by atoms with E-state index in [9.17, 15) is 0 Å². The van der Waals surface area contributed by atoms with E-state index in [1.165, 1.54) is 0 Å². The Morgan fingerprint density at radius 1 is 1.50 bits per heavy atom. The first-order valence-corrected chi connectivity index (χ1v) is 5.88. The number of rotatable bonds is 3. The van der Waals surface area contributed by atoms with Crippen LogP contribution in [0.4, 0.5) is 0 Å². The molecule has 1 aliphatic heterocycles. The minimum absolute atomic E-state index is 0.176. The first-order chi connectivity index (χ1) is 8.75. The van der Waals surface area contributed by atoms with E-state index < -0.39 is 0 Å². The summed E-state index contributed by atoms with van der Waals surface area (Å²) < 4.78 is 1.91. The third-order valence-corrected chi connectivity index (χ3v) is 3.53. The Hall–Kier alpha value is -2.13. The third-order valence-electron chi connectivity index (χ3n) is 3.53. The highest BCUT2D eigenvalue weighted by Gasteiger charge is 2.39. The number of nitriles is 1. The van der Waals surface area contributed by atoms with Crippen molar-refractivity contribution >= 4 is 0 Å². The van der Waals surface area contributed by atoms with Gasteiger partial charge in [-0.2, -0.15) is 15.5 Å². The molecule has 3 heterocycles. The predicted molar refractivity (Wildman–Crippen MR) is 65.6 cm³/mol. The number of nitrogens with one attached hydrogen (secondary N) is 2. The van der Waals surface area contributed by atoms with Crippen LogP contribution in [0.15, 0.2) is 18.6 Å². The average Bonchev–Trinajstić information content (AvgIpc) is 2.91. The van der Waals surface area contributed by atoms with Crippen molar-refractivity contribution in [2.45, 2.75) is 18.9 Å². The molecular weight excluding hydrogens is 228 g/mol. The van der Waals surface area contributed by atoms with Crippen molar-refractivity contribution in [1.82, 2.24) is 25.3 Å². The van der Waals surface area contributed by atoms with E-state index in [0.29, 0.717) is 6.42 Å². The number of hydrogen-bond acceptors (Lipinski definition) is 4. The summed E-state index contributed by atoms with van der Waals surface area (Å²) in [5, 5.41) is 23.5. The zero-order valence-electron chi connectivity index (χ0n) is 10.1. The smallest absolute Gasteiger partial charge is 0.100 e. The Morgan fingerprint density at radius 3 is 2.89 bits per heavy atom. The third kappa shape index (κ3) is 1.52. The van der Waals surface area contributed by atoms with E-state index in [1.807, 2.05) is 24.0 Å². The Balaban J connectivity index is 1.95. The maximum Gasteiger partial charge on any atom is 0.100 e. The Kier molecular flexibility index (Phi) is 2.42.